The highest BCUT2D eigenvalue weighted by atomic mass is 79.9. The summed E-state index contributed by atoms with van der Waals surface area (Å²) in [6.07, 6.45) is 0. The van der Waals surface area contributed by atoms with Crippen molar-refractivity contribution in [3.8, 4) is 0 Å². The quantitative estimate of drug-likeness (QED) is 0.325. The summed E-state index contributed by atoms with van der Waals surface area (Å²) in [5, 5.41) is 0. The maximum Gasteiger partial charge on any atom is 0.0184 e. The van der Waals surface area contributed by atoms with Gasteiger partial charge in [-0.15, -0.1) is 0 Å². The van der Waals surface area contributed by atoms with Gasteiger partial charge in [-0.05, 0) is 35.4 Å². The summed E-state index contributed by atoms with van der Waals surface area (Å²) in [6.45, 7) is 0. The highest BCUT2D eigenvalue weighted by Crippen LogP contribution is 2.19. The zero-order valence-corrected chi connectivity index (χ0v) is 18.5. The van der Waals surface area contributed by atoms with E-state index >= 15 is 0 Å². The van der Waals surface area contributed by atoms with E-state index in [1.165, 1.54) is 34.1 Å². The van der Waals surface area contributed by atoms with Gasteiger partial charge in [-0.25, -0.2) is 0 Å². The van der Waals surface area contributed by atoms with Crippen LogP contribution in [0.3, 0.4) is 0 Å². The molecule has 0 heterocycles. The number of hydrogen-bond donors (Lipinski definition) is 0. The van der Waals surface area contributed by atoms with Crippen LogP contribution in [0.2, 0.25) is 0 Å². The van der Waals surface area contributed by atoms with Gasteiger partial charge in [0.05, 0.1) is 0 Å². The van der Waals surface area contributed by atoms with E-state index in [9.17, 15) is 0 Å². The molecule has 2 aromatic rings. The van der Waals surface area contributed by atoms with Crippen molar-refractivity contribution in [1.29, 1.82) is 0 Å². The molecular formula is C18H20Br2S3. The second kappa shape index (κ2) is 11.9. The largest absolute Gasteiger partial charge is 0.160 e. The molecule has 0 aromatic heterocycles. The second-order valence-corrected chi connectivity index (χ2v) is 10.2. The third-order valence-electron chi connectivity index (χ3n) is 3.11. The molecule has 2 rings (SSSR count). The number of benzene rings is 2. The fourth-order valence-corrected chi connectivity index (χ4v) is 5.64. The standard InChI is InChI=1S/C18H20Br2S3/c19-17-5-1-15(2-6-17)13-22-11-9-21-10-12-23-14-16-3-7-18(20)8-4-16/h1-8H,9-14H2. The van der Waals surface area contributed by atoms with Crippen LogP contribution in [-0.4, -0.2) is 23.0 Å². The van der Waals surface area contributed by atoms with Crippen molar-refractivity contribution in [2.75, 3.05) is 23.0 Å². The van der Waals surface area contributed by atoms with Crippen molar-refractivity contribution in [3.63, 3.8) is 0 Å². The lowest BCUT2D eigenvalue weighted by Gasteiger charge is -2.04. The van der Waals surface area contributed by atoms with Crippen LogP contribution in [-0.2, 0) is 11.5 Å². The molecule has 0 saturated carbocycles. The minimum absolute atomic E-state index is 1.12. The molecule has 0 aliphatic heterocycles. The summed E-state index contributed by atoms with van der Waals surface area (Å²) >= 11 is 13.1. The zero-order valence-electron chi connectivity index (χ0n) is 12.8. The topological polar surface area (TPSA) is 0 Å². The van der Waals surface area contributed by atoms with Crippen molar-refractivity contribution in [2.45, 2.75) is 11.5 Å². The van der Waals surface area contributed by atoms with E-state index in [4.69, 9.17) is 0 Å². The number of thioether (sulfide) groups is 3. The zero-order chi connectivity index (χ0) is 16.3. The molecule has 0 nitrogen and oxygen atoms in total. The summed E-state index contributed by atoms with van der Waals surface area (Å²) in [4.78, 5) is 0. The summed E-state index contributed by atoms with van der Waals surface area (Å²) in [6, 6.07) is 17.3. The molecule has 124 valence electrons. The Bertz CT molecular complexity index is 504. The van der Waals surface area contributed by atoms with Crippen LogP contribution in [0, 0.1) is 0 Å². The number of halogens is 2. The Kier molecular flexibility index (Phi) is 10.2. The lowest BCUT2D eigenvalue weighted by atomic mass is 10.2. The maximum absolute atomic E-state index is 3.47. The average Bonchev–Trinajstić information content (AvgIpc) is 2.56. The monoisotopic (exact) mass is 490 g/mol. The van der Waals surface area contributed by atoms with Crippen molar-refractivity contribution in [2.24, 2.45) is 0 Å². The molecule has 0 bridgehead atoms. The smallest absolute Gasteiger partial charge is 0.0184 e. The van der Waals surface area contributed by atoms with Crippen molar-refractivity contribution < 1.29 is 0 Å². The summed E-state index contributed by atoms with van der Waals surface area (Å²) in [5.41, 5.74) is 2.82. The molecule has 0 aliphatic rings. The molecule has 23 heavy (non-hydrogen) atoms. The van der Waals surface area contributed by atoms with Crippen molar-refractivity contribution >= 4 is 67.1 Å². The van der Waals surface area contributed by atoms with Crippen LogP contribution in [0.1, 0.15) is 11.1 Å². The number of hydrogen-bond acceptors (Lipinski definition) is 3. The lowest BCUT2D eigenvalue weighted by molar-refractivity contribution is 1.38. The summed E-state index contributed by atoms with van der Waals surface area (Å²) in [5.74, 6) is 7.20. The Hall–Kier alpha value is 0.450. The molecule has 0 unspecified atom stereocenters. The first kappa shape index (κ1) is 19.8. The van der Waals surface area contributed by atoms with E-state index in [0.29, 0.717) is 0 Å². The second-order valence-electron chi connectivity index (χ2n) is 4.97. The first-order chi connectivity index (χ1) is 11.2. The van der Waals surface area contributed by atoms with Gasteiger partial charge in [0.15, 0.2) is 0 Å². The van der Waals surface area contributed by atoms with Gasteiger partial charge in [0.1, 0.15) is 0 Å². The van der Waals surface area contributed by atoms with E-state index in [1.54, 1.807) is 0 Å². The molecule has 0 fully saturated rings. The van der Waals surface area contributed by atoms with E-state index in [2.05, 4.69) is 92.2 Å². The van der Waals surface area contributed by atoms with Crippen LogP contribution in [0.15, 0.2) is 57.5 Å². The van der Waals surface area contributed by atoms with Gasteiger partial charge < -0.3 is 0 Å². The fourth-order valence-electron chi connectivity index (χ4n) is 1.88. The Morgan fingerprint density at radius 3 is 1.26 bits per heavy atom. The van der Waals surface area contributed by atoms with E-state index < -0.39 is 0 Å². The van der Waals surface area contributed by atoms with E-state index in [1.807, 2.05) is 23.5 Å². The summed E-state index contributed by atoms with van der Waals surface area (Å²) in [7, 11) is 0. The molecule has 0 N–H and O–H groups in total. The van der Waals surface area contributed by atoms with Crippen LogP contribution in [0.4, 0.5) is 0 Å². The first-order valence-electron chi connectivity index (χ1n) is 7.46. The molecule has 5 heteroatoms. The summed E-state index contributed by atoms with van der Waals surface area (Å²) < 4.78 is 2.31. The van der Waals surface area contributed by atoms with Crippen LogP contribution in [0.25, 0.3) is 0 Å². The Balaban J connectivity index is 1.43. The molecule has 0 aliphatic carbocycles. The lowest BCUT2D eigenvalue weighted by Crippen LogP contribution is -1.91. The van der Waals surface area contributed by atoms with Gasteiger partial charge in [-0.1, -0.05) is 56.1 Å². The number of rotatable bonds is 10. The molecule has 0 radical (unpaired) electrons. The van der Waals surface area contributed by atoms with Gasteiger partial charge >= 0.3 is 0 Å². The van der Waals surface area contributed by atoms with Crippen molar-refractivity contribution in [1.82, 2.24) is 0 Å². The van der Waals surface area contributed by atoms with Crippen molar-refractivity contribution in [3.05, 3.63) is 68.6 Å². The molecular weight excluding hydrogens is 472 g/mol. The van der Waals surface area contributed by atoms with Crippen LogP contribution in [0.5, 0.6) is 0 Å². The normalized spacial score (nSPS) is 10.9. The maximum atomic E-state index is 3.47. The molecule has 0 amide bonds. The van der Waals surface area contributed by atoms with Gasteiger partial charge in [0.2, 0.25) is 0 Å². The third-order valence-corrected chi connectivity index (χ3v) is 7.73. The van der Waals surface area contributed by atoms with Gasteiger partial charge in [0.25, 0.3) is 0 Å². The minimum atomic E-state index is 1.12. The average molecular weight is 492 g/mol. The molecule has 0 atom stereocenters. The SMILES string of the molecule is Brc1ccc(CSCCSCCSCc2ccc(Br)cc2)cc1. The van der Waals surface area contributed by atoms with E-state index in [0.717, 1.165) is 20.5 Å². The predicted octanol–water partition coefficient (Wildman–Crippen LogP) is 7.11. The fraction of sp³-hybridized carbons (Fsp3) is 0.333. The molecule has 0 saturated heterocycles. The van der Waals surface area contributed by atoms with Gasteiger partial charge in [-0.2, -0.15) is 35.3 Å². The van der Waals surface area contributed by atoms with Crippen LogP contribution < -0.4 is 0 Å². The van der Waals surface area contributed by atoms with Gasteiger partial charge in [-0.3, -0.25) is 0 Å². The third kappa shape index (κ3) is 8.92. The minimum Gasteiger partial charge on any atom is -0.160 e. The van der Waals surface area contributed by atoms with Gasteiger partial charge in [0, 0.05) is 43.5 Å². The molecule has 2 aromatic carbocycles. The highest BCUT2D eigenvalue weighted by Gasteiger charge is 1.97. The predicted molar refractivity (Wildman–Crippen MR) is 118 cm³/mol. The Labute approximate surface area is 169 Å². The Morgan fingerprint density at radius 2 is 0.870 bits per heavy atom. The Morgan fingerprint density at radius 1 is 0.522 bits per heavy atom. The van der Waals surface area contributed by atoms with Crippen LogP contribution >= 0.6 is 67.1 Å². The highest BCUT2D eigenvalue weighted by molar-refractivity contribution is 9.10. The van der Waals surface area contributed by atoms with E-state index in [-0.39, 0.29) is 0 Å². The first-order valence-corrected chi connectivity index (χ1v) is 12.5. The molecule has 0 spiro atoms.